The Balaban J connectivity index is 1.39. The van der Waals surface area contributed by atoms with Crippen LogP contribution in [0, 0.1) is 5.92 Å². The van der Waals surface area contributed by atoms with Crippen molar-refractivity contribution < 1.29 is 9.53 Å². The average Bonchev–Trinajstić information content (AvgIpc) is 3.18. The number of piperidine rings is 1. The molecule has 1 amide bonds. The number of fused-ring (bicyclic) bond motifs is 1. The van der Waals surface area contributed by atoms with Crippen LogP contribution in [0.25, 0.3) is 5.65 Å². The summed E-state index contributed by atoms with van der Waals surface area (Å²) in [5, 5.41) is 16.2. The molecule has 0 unspecified atom stereocenters. The third-order valence-corrected chi connectivity index (χ3v) is 5.34. The van der Waals surface area contributed by atoms with Gasteiger partial charge in [0, 0.05) is 30.6 Å². The molecule has 1 N–H and O–H groups in total. The van der Waals surface area contributed by atoms with Gasteiger partial charge in [-0.2, -0.15) is 4.52 Å². The number of aromatic nitrogens is 4. The van der Waals surface area contributed by atoms with E-state index in [9.17, 15) is 4.79 Å². The molecule has 0 radical (unpaired) electrons. The molecule has 1 fully saturated rings. The van der Waals surface area contributed by atoms with E-state index in [0.717, 1.165) is 54.7 Å². The van der Waals surface area contributed by atoms with Crippen molar-refractivity contribution in [1.82, 2.24) is 19.8 Å². The summed E-state index contributed by atoms with van der Waals surface area (Å²) in [7, 11) is 1.63. The predicted octanol–water partition coefficient (Wildman–Crippen LogP) is 3.11. The first-order valence-corrected chi connectivity index (χ1v) is 9.97. The molecule has 3 heterocycles. The number of ether oxygens (including phenoxy) is 1. The molecule has 3 aromatic rings. The summed E-state index contributed by atoms with van der Waals surface area (Å²) >= 11 is 0. The smallest absolute Gasteiger partial charge is 0.227 e. The molecule has 0 spiro atoms. The molecule has 152 valence electrons. The second-order valence-corrected chi connectivity index (χ2v) is 7.65. The predicted molar refractivity (Wildman–Crippen MR) is 111 cm³/mol. The van der Waals surface area contributed by atoms with Crippen LogP contribution in [0.4, 0.5) is 11.5 Å². The molecule has 0 bridgehead atoms. The summed E-state index contributed by atoms with van der Waals surface area (Å²) in [6, 6.07) is 11.3. The number of amides is 1. The van der Waals surface area contributed by atoms with Gasteiger partial charge in [-0.25, -0.2) is 0 Å². The molecule has 1 aromatic carbocycles. The van der Waals surface area contributed by atoms with Crippen molar-refractivity contribution in [2.24, 2.45) is 5.92 Å². The maximum Gasteiger partial charge on any atom is 0.227 e. The van der Waals surface area contributed by atoms with Gasteiger partial charge >= 0.3 is 0 Å². The highest BCUT2D eigenvalue weighted by Crippen LogP contribution is 2.24. The standard InChI is InChI=1S/C21H26N6O2/c1-14(2)20-24-23-18-8-9-19(25-27(18)20)26-12-10-15(11-13-26)21(28)22-16-4-6-17(29-3)7-5-16/h4-9,14-15H,10-13H2,1-3H3,(H,22,28). The zero-order chi connectivity index (χ0) is 20.4. The van der Waals surface area contributed by atoms with Gasteiger partial charge in [0.25, 0.3) is 0 Å². The number of carbonyl (C=O) groups is 1. The van der Waals surface area contributed by atoms with Gasteiger partial charge in [-0.05, 0) is 49.2 Å². The lowest BCUT2D eigenvalue weighted by Crippen LogP contribution is -2.38. The molecule has 1 saturated heterocycles. The summed E-state index contributed by atoms with van der Waals surface area (Å²) in [6.45, 7) is 5.74. The molecule has 1 aliphatic heterocycles. The number of methoxy groups -OCH3 is 1. The fraction of sp³-hybridized carbons (Fsp3) is 0.429. The number of anilines is 2. The molecule has 0 atom stereocenters. The zero-order valence-corrected chi connectivity index (χ0v) is 17.0. The Morgan fingerprint density at radius 3 is 2.48 bits per heavy atom. The van der Waals surface area contributed by atoms with Crippen molar-refractivity contribution in [2.45, 2.75) is 32.6 Å². The number of rotatable bonds is 5. The van der Waals surface area contributed by atoms with Gasteiger partial charge < -0.3 is 15.0 Å². The SMILES string of the molecule is COc1ccc(NC(=O)C2CCN(c3ccc4nnc(C(C)C)n4n3)CC2)cc1. The van der Waals surface area contributed by atoms with Gasteiger partial charge in [-0.15, -0.1) is 15.3 Å². The minimum atomic E-state index is -0.00165. The number of nitrogens with one attached hydrogen (secondary N) is 1. The van der Waals surface area contributed by atoms with Crippen LogP contribution < -0.4 is 15.0 Å². The van der Waals surface area contributed by atoms with E-state index in [4.69, 9.17) is 9.84 Å². The molecule has 0 saturated carbocycles. The summed E-state index contributed by atoms with van der Waals surface area (Å²) in [5.74, 6) is 2.84. The van der Waals surface area contributed by atoms with Gasteiger partial charge in [0.2, 0.25) is 5.91 Å². The normalized spacial score (nSPS) is 15.1. The van der Waals surface area contributed by atoms with E-state index in [1.165, 1.54) is 0 Å². The van der Waals surface area contributed by atoms with E-state index in [0.29, 0.717) is 0 Å². The Morgan fingerprint density at radius 1 is 1.10 bits per heavy atom. The van der Waals surface area contributed by atoms with Crippen LogP contribution in [-0.2, 0) is 4.79 Å². The molecule has 8 nitrogen and oxygen atoms in total. The number of hydrogen-bond acceptors (Lipinski definition) is 6. The monoisotopic (exact) mass is 394 g/mol. The Bertz CT molecular complexity index is 990. The van der Waals surface area contributed by atoms with Crippen LogP contribution in [0.1, 0.15) is 38.4 Å². The number of nitrogens with zero attached hydrogens (tertiary/aromatic N) is 5. The lowest BCUT2D eigenvalue weighted by Gasteiger charge is -2.32. The first-order chi connectivity index (χ1) is 14.0. The zero-order valence-electron chi connectivity index (χ0n) is 17.0. The molecule has 4 rings (SSSR count). The Hall–Kier alpha value is -3.16. The first-order valence-electron chi connectivity index (χ1n) is 9.97. The first kappa shape index (κ1) is 19.2. The second-order valence-electron chi connectivity index (χ2n) is 7.65. The van der Waals surface area contributed by atoms with Crippen LogP contribution in [-0.4, -0.2) is 45.9 Å². The highest BCUT2D eigenvalue weighted by Gasteiger charge is 2.26. The van der Waals surface area contributed by atoms with Crippen LogP contribution in [0.3, 0.4) is 0 Å². The van der Waals surface area contributed by atoms with E-state index < -0.39 is 0 Å². The number of benzene rings is 1. The Kier molecular flexibility index (Phi) is 5.33. The second kappa shape index (κ2) is 8.06. The van der Waals surface area contributed by atoms with Gasteiger partial charge in [-0.1, -0.05) is 13.8 Å². The van der Waals surface area contributed by atoms with E-state index in [1.807, 2.05) is 40.9 Å². The van der Waals surface area contributed by atoms with Gasteiger partial charge in [0.15, 0.2) is 11.5 Å². The molecule has 8 heteroatoms. The fourth-order valence-corrected chi connectivity index (χ4v) is 3.61. The minimum absolute atomic E-state index is 0.00165. The third kappa shape index (κ3) is 4.01. The molecule has 2 aromatic heterocycles. The van der Waals surface area contributed by atoms with Gasteiger partial charge in [-0.3, -0.25) is 4.79 Å². The average molecular weight is 394 g/mol. The minimum Gasteiger partial charge on any atom is -0.497 e. The van der Waals surface area contributed by atoms with Gasteiger partial charge in [0.05, 0.1) is 7.11 Å². The number of hydrogen-bond donors (Lipinski definition) is 1. The fourth-order valence-electron chi connectivity index (χ4n) is 3.61. The summed E-state index contributed by atoms with van der Waals surface area (Å²) in [5.41, 5.74) is 1.55. The van der Waals surface area contributed by atoms with E-state index >= 15 is 0 Å². The molecule has 0 aliphatic carbocycles. The lowest BCUT2D eigenvalue weighted by molar-refractivity contribution is -0.120. The van der Waals surface area contributed by atoms with E-state index in [-0.39, 0.29) is 17.7 Å². The van der Waals surface area contributed by atoms with Crippen molar-refractivity contribution in [3.63, 3.8) is 0 Å². The van der Waals surface area contributed by atoms with Crippen LogP contribution in [0.2, 0.25) is 0 Å². The summed E-state index contributed by atoms with van der Waals surface area (Å²) in [4.78, 5) is 14.9. The maximum absolute atomic E-state index is 12.6. The van der Waals surface area contributed by atoms with Crippen molar-refractivity contribution in [3.8, 4) is 5.75 Å². The Labute approximate surface area is 169 Å². The summed E-state index contributed by atoms with van der Waals surface area (Å²) < 4.78 is 6.97. The van der Waals surface area contributed by atoms with Crippen molar-refractivity contribution >= 4 is 23.1 Å². The van der Waals surface area contributed by atoms with Crippen molar-refractivity contribution in [2.75, 3.05) is 30.4 Å². The van der Waals surface area contributed by atoms with Crippen LogP contribution >= 0.6 is 0 Å². The largest absolute Gasteiger partial charge is 0.497 e. The molecule has 1 aliphatic rings. The highest BCUT2D eigenvalue weighted by atomic mass is 16.5. The molecular weight excluding hydrogens is 368 g/mol. The topological polar surface area (TPSA) is 84.6 Å². The van der Waals surface area contributed by atoms with Crippen molar-refractivity contribution in [3.05, 3.63) is 42.2 Å². The third-order valence-electron chi connectivity index (χ3n) is 5.34. The van der Waals surface area contributed by atoms with Crippen LogP contribution in [0.5, 0.6) is 5.75 Å². The lowest BCUT2D eigenvalue weighted by atomic mass is 9.96. The molecule has 29 heavy (non-hydrogen) atoms. The van der Waals surface area contributed by atoms with Gasteiger partial charge in [0.1, 0.15) is 11.6 Å². The highest BCUT2D eigenvalue weighted by molar-refractivity contribution is 5.92. The summed E-state index contributed by atoms with van der Waals surface area (Å²) in [6.07, 6.45) is 1.59. The quantitative estimate of drug-likeness (QED) is 0.716. The maximum atomic E-state index is 12.6. The van der Waals surface area contributed by atoms with E-state index in [2.05, 4.69) is 34.3 Å². The van der Waals surface area contributed by atoms with E-state index in [1.54, 1.807) is 7.11 Å². The van der Waals surface area contributed by atoms with Crippen molar-refractivity contribution in [1.29, 1.82) is 0 Å². The Morgan fingerprint density at radius 2 is 1.83 bits per heavy atom. The van der Waals surface area contributed by atoms with Crippen LogP contribution in [0.15, 0.2) is 36.4 Å². The molecular formula is C21H26N6O2. The number of carbonyl (C=O) groups excluding carboxylic acids is 1.